The van der Waals surface area contributed by atoms with Crippen LogP contribution in [0.5, 0.6) is 5.75 Å². The van der Waals surface area contributed by atoms with Crippen LogP contribution in [0.2, 0.25) is 0 Å². The molecule has 0 fully saturated rings. The number of rotatable bonds is 7. The molecule has 1 heterocycles. The van der Waals surface area contributed by atoms with Crippen molar-refractivity contribution in [2.75, 3.05) is 0 Å². The van der Waals surface area contributed by atoms with Crippen LogP contribution in [0, 0.1) is 11.3 Å². The lowest BCUT2D eigenvalue weighted by Gasteiger charge is -2.23. The molecule has 1 N–H and O–H groups in total. The normalized spacial score (nSPS) is 12.8. The van der Waals surface area contributed by atoms with Crippen LogP contribution in [0.15, 0.2) is 83.7 Å². The summed E-state index contributed by atoms with van der Waals surface area (Å²) in [4.78, 5) is 15.2. The topological polar surface area (TPSA) is 65.9 Å². The van der Waals surface area contributed by atoms with Gasteiger partial charge in [0.15, 0.2) is 0 Å². The quantitative estimate of drug-likeness (QED) is 0.416. The van der Waals surface area contributed by atoms with Crippen LogP contribution < -0.4 is 10.3 Å². The molecule has 0 amide bonds. The summed E-state index contributed by atoms with van der Waals surface area (Å²) >= 11 is 0. The number of hydrogen-bond donors (Lipinski definition) is 1. The summed E-state index contributed by atoms with van der Waals surface area (Å²) in [5.41, 5.74) is 3.71. The summed E-state index contributed by atoms with van der Waals surface area (Å²) in [7, 11) is 0. The first-order valence-corrected chi connectivity index (χ1v) is 10.8. The summed E-state index contributed by atoms with van der Waals surface area (Å²) in [6.07, 6.45) is 1.22. The predicted molar refractivity (Wildman–Crippen MR) is 128 cm³/mol. The number of fused-ring (bicyclic) bond motifs is 1. The van der Waals surface area contributed by atoms with Crippen LogP contribution in [-0.2, 0) is 24.9 Å². The van der Waals surface area contributed by atoms with Crippen molar-refractivity contribution < 1.29 is 4.74 Å². The van der Waals surface area contributed by atoms with E-state index in [1.807, 2.05) is 92.7 Å². The molecule has 0 aliphatic heterocycles. The van der Waals surface area contributed by atoms with Crippen molar-refractivity contribution in [2.24, 2.45) is 0 Å². The Morgan fingerprint density at radius 1 is 0.969 bits per heavy atom. The number of nitrogens with zero attached hydrogens (tertiary/aromatic N) is 1. The van der Waals surface area contributed by atoms with Gasteiger partial charge in [-0.1, -0.05) is 61.5 Å². The van der Waals surface area contributed by atoms with Crippen molar-refractivity contribution in [1.29, 1.82) is 5.26 Å². The highest BCUT2D eigenvalue weighted by molar-refractivity contribution is 5.80. The summed E-state index contributed by atoms with van der Waals surface area (Å²) in [6, 6.07) is 28.2. The van der Waals surface area contributed by atoms with Crippen molar-refractivity contribution in [1.82, 2.24) is 4.98 Å². The molecule has 4 heteroatoms. The minimum absolute atomic E-state index is 0.0703. The van der Waals surface area contributed by atoms with E-state index < -0.39 is 5.41 Å². The van der Waals surface area contributed by atoms with Crippen LogP contribution in [-0.4, -0.2) is 4.98 Å². The standard InChI is InChI=1S/C28H26N2O2/c1-3-22-15-23-12-13-24(16-26(23)30-27(22)31)28(2,19-29)17-21-10-7-11-25(14-21)32-18-20-8-5-4-6-9-20/h4-16H,3,17-18H2,1-2H3,(H,30,31). The van der Waals surface area contributed by atoms with Gasteiger partial charge in [-0.2, -0.15) is 5.26 Å². The molecular formula is C28H26N2O2. The zero-order chi connectivity index (χ0) is 22.6. The average Bonchev–Trinajstić information content (AvgIpc) is 2.82. The van der Waals surface area contributed by atoms with Gasteiger partial charge in [0.05, 0.1) is 11.5 Å². The molecule has 160 valence electrons. The number of nitriles is 1. The first-order valence-electron chi connectivity index (χ1n) is 10.8. The number of aromatic nitrogens is 1. The maximum Gasteiger partial charge on any atom is 0.251 e. The first-order chi connectivity index (χ1) is 15.5. The number of benzene rings is 3. The summed E-state index contributed by atoms with van der Waals surface area (Å²) < 4.78 is 5.96. The van der Waals surface area contributed by atoms with E-state index in [9.17, 15) is 10.1 Å². The van der Waals surface area contributed by atoms with Gasteiger partial charge in [-0.3, -0.25) is 4.79 Å². The van der Waals surface area contributed by atoms with Crippen molar-refractivity contribution >= 4 is 10.9 Å². The third-order valence-corrected chi connectivity index (χ3v) is 5.89. The fourth-order valence-electron chi connectivity index (χ4n) is 3.95. The SMILES string of the molecule is CCc1cc2ccc(C(C)(C#N)Cc3cccc(OCc4ccccc4)c3)cc2[nH]c1=O. The minimum atomic E-state index is -0.743. The van der Waals surface area contributed by atoms with Gasteiger partial charge in [0.1, 0.15) is 12.4 Å². The fraction of sp³-hybridized carbons (Fsp3) is 0.214. The molecule has 0 aliphatic rings. The maximum absolute atomic E-state index is 12.3. The number of nitrogens with one attached hydrogen (secondary N) is 1. The monoisotopic (exact) mass is 422 g/mol. The highest BCUT2D eigenvalue weighted by Crippen LogP contribution is 2.31. The Morgan fingerprint density at radius 2 is 1.75 bits per heavy atom. The molecule has 1 atom stereocenters. The molecule has 0 bridgehead atoms. The van der Waals surface area contributed by atoms with Crippen molar-refractivity contribution in [2.45, 2.75) is 38.7 Å². The number of hydrogen-bond acceptors (Lipinski definition) is 3. The minimum Gasteiger partial charge on any atom is -0.489 e. The second kappa shape index (κ2) is 9.11. The van der Waals surface area contributed by atoms with E-state index in [1.54, 1.807) is 0 Å². The summed E-state index contributed by atoms with van der Waals surface area (Å²) in [6.45, 7) is 4.40. The third kappa shape index (κ3) is 4.58. The highest BCUT2D eigenvalue weighted by atomic mass is 16.5. The zero-order valence-corrected chi connectivity index (χ0v) is 18.4. The van der Waals surface area contributed by atoms with Crippen molar-refractivity contribution in [3.8, 4) is 11.8 Å². The Labute approximate surface area is 188 Å². The molecule has 3 aromatic carbocycles. The van der Waals surface area contributed by atoms with E-state index >= 15 is 0 Å². The van der Waals surface area contributed by atoms with Gasteiger partial charge in [-0.25, -0.2) is 0 Å². The molecule has 4 nitrogen and oxygen atoms in total. The van der Waals surface area contributed by atoms with Crippen LogP contribution in [0.3, 0.4) is 0 Å². The molecule has 32 heavy (non-hydrogen) atoms. The molecule has 0 spiro atoms. The van der Waals surface area contributed by atoms with Gasteiger partial charge in [-0.15, -0.1) is 0 Å². The Hall–Kier alpha value is -3.84. The molecule has 0 aliphatic carbocycles. The molecular weight excluding hydrogens is 396 g/mol. The Bertz CT molecular complexity index is 1340. The molecule has 0 saturated carbocycles. The van der Waals surface area contributed by atoms with Gasteiger partial charge >= 0.3 is 0 Å². The molecule has 0 saturated heterocycles. The third-order valence-electron chi connectivity index (χ3n) is 5.89. The van der Waals surface area contributed by atoms with E-state index in [0.29, 0.717) is 19.4 Å². The Morgan fingerprint density at radius 3 is 2.50 bits per heavy atom. The molecule has 4 aromatic rings. The second-order valence-electron chi connectivity index (χ2n) is 8.32. The van der Waals surface area contributed by atoms with Crippen molar-refractivity contribution in [3.05, 3.63) is 111 Å². The van der Waals surface area contributed by atoms with Gasteiger partial charge < -0.3 is 9.72 Å². The molecule has 1 aromatic heterocycles. The number of aromatic amines is 1. The fourth-order valence-corrected chi connectivity index (χ4v) is 3.95. The van der Waals surface area contributed by atoms with Gasteiger partial charge in [-0.05, 0) is 66.1 Å². The maximum atomic E-state index is 12.3. The predicted octanol–water partition coefficient (Wildman–Crippen LogP) is 5.69. The number of ether oxygens (including phenoxy) is 1. The van der Waals surface area contributed by atoms with Crippen LogP contribution in [0.4, 0.5) is 0 Å². The first kappa shape index (κ1) is 21.4. The van der Waals surface area contributed by atoms with Crippen LogP contribution >= 0.6 is 0 Å². The lowest BCUT2D eigenvalue weighted by Crippen LogP contribution is -2.23. The molecule has 0 radical (unpaired) electrons. The van der Waals surface area contributed by atoms with E-state index in [0.717, 1.165) is 38.9 Å². The van der Waals surface area contributed by atoms with Gasteiger partial charge in [0.25, 0.3) is 5.56 Å². The smallest absolute Gasteiger partial charge is 0.251 e. The lowest BCUT2D eigenvalue weighted by atomic mass is 9.78. The van der Waals surface area contributed by atoms with E-state index in [2.05, 4.69) is 11.1 Å². The lowest BCUT2D eigenvalue weighted by molar-refractivity contribution is 0.306. The van der Waals surface area contributed by atoms with Gasteiger partial charge in [0.2, 0.25) is 0 Å². The highest BCUT2D eigenvalue weighted by Gasteiger charge is 2.27. The molecule has 4 rings (SSSR count). The largest absolute Gasteiger partial charge is 0.489 e. The second-order valence-corrected chi connectivity index (χ2v) is 8.32. The van der Waals surface area contributed by atoms with Crippen LogP contribution in [0.1, 0.15) is 36.1 Å². The van der Waals surface area contributed by atoms with Crippen molar-refractivity contribution in [3.63, 3.8) is 0 Å². The Balaban J connectivity index is 1.58. The average molecular weight is 423 g/mol. The van der Waals surface area contributed by atoms with E-state index in [-0.39, 0.29) is 5.56 Å². The van der Waals surface area contributed by atoms with E-state index in [4.69, 9.17) is 4.74 Å². The zero-order valence-electron chi connectivity index (χ0n) is 18.4. The van der Waals surface area contributed by atoms with E-state index in [1.165, 1.54) is 0 Å². The number of H-pyrrole nitrogens is 1. The van der Waals surface area contributed by atoms with Crippen LogP contribution in [0.25, 0.3) is 10.9 Å². The summed E-state index contributed by atoms with van der Waals surface area (Å²) in [5.74, 6) is 0.779. The van der Waals surface area contributed by atoms with Gasteiger partial charge in [0, 0.05) is 11.1 Å². The Kier molecular flexibility index (Phi) is 6.09. The number of pyridine rings is 1. The number of aryl methyl sites for hydroxylation is 1. The molecule has 1 unspecified atom stereocenters. The summed E-state index contributed by atoms with van der Waals surface area (Å²) in [5, 5.41) is 11.1.